The van der Waals surface area contributed by atoms with Gasteiger partial charge in [-0.25, -0.2) is 4.79 Å². The van der Waals surface area contributed by atoms with Crippen molar-refractivity contribution >= 4 is 22.0 Å². The zero-order valence-corrected chi connectivity index (χ0v) is 16.3. The van der Waals surface area contributed by atoms with Crippen molar-refractivity contribution in [3.05, 3.63) is 29.3 Å². The van der Waals surface area contributed by atoms with Crippen molar-refractivity contribution in [2.75, 3.05) is 31.6 Å². The van der Waals surface area contributed by atoms with Crippen LogP contribution in [0.4, 0.5) is 4.79 Å². The number of ether oxygens (including phenoxy) is 2. The van der Waals surface area contributed by atoms with E-state index in [0.717, 1.165) is 37.1 Å². The average Bonchev–Trinajstić information content (AvgIpc) is 2.51. The lowest BCUT2D eigenvalue weighted by Gasteiger charge is -2.29. The molecule has 1 aliphatic rings. The van der Waals surface area contributed by atoms with Crippen LogP contribution in [0.2, 0.25) is 0 Å². The van der Waals surface area contributed by atoms with Crippen LogP contribution in [0.15, 0.2) is 18.2 Å². The van der Waals surface area contributed by atoms with Crippen LogP contribution in [0.1, 0.15) is 31.9 Å². The first-order valence-corrected chi connectivity index (χ1v) is 9.49. The summed E-state index contributed by atoms with van der Waals surface area (Å²) in [5.41, 5.74) is 2.24. The van der Waals surface area contributed by atoms with Crippen molar-refractivity contribution in [2.45, 2.75) is 39.3 Å². The van der Waals surface area contributed by atoms with Gasteiger partial charge in [0.2, 0.25) is 0 Å². The molecule has 0 atom stereocenters. The molecule has 0 fully saturated rings. The Kier molecular flexibility index (Phi) is 6.92. The standard InChI is InChI=1S/C18H27BrN2O3/c1-18(2,3)24-17(22)20-8-10-21-9-6-14-12-16(23-11-7-19)5-4-15(14)13-21/h4-5,12H,6-11,13H2,1-3H3,(H,20,22). The van der Waals surface area contributed by atoms with Crippen molar-refractivity contribution in [1.82, 2.24) is 10.2 Å². The van der Waals surface area contributed by atoms with Gasteiger partial charge in [-0.3, -0.25) is 4.90 Å². The lowest BCUT2D eigenvalue weighted by atomic mass is 9.99. The van der Waals surface area contributed by atoms with E-state index < -0.39 is 5.60 Å². The van der Waals surface area contributed by atoms with E-state index in [1.165, 1.54) is 11.1 Å². The number of fused-ring (bicyclic) bond motifs is 1. The summed E-state index contributed by atoms with van der Waals surface area (Å²) in [5.74, 6) is 0.938. The Hall–Kier alpha value is -1.27. The van der Waals surface area contributed by atoms with Gasteiger partial charge >= 0.3 is 6.09 Å². The summed E-state index contributed by atoms with van der Waals surface area (Å²) in [6.07, 6.45) is 0.654. The maximum Gasteiger partial charge on any atom is 0.407 e. The summed E-state index contributed by atoms with van der Waals surface area (Å²) < 4.78 is 10.9. The number of nitrogens with zero attached hydrogens (tertiary/aromatic N) is 1. The van der Waals surface area contributed by atoms with Crippen LogP contribution in [0.5, 0.6) is 5.75 Å². The predicted octanol–water partition coefficient (Wildman–Crippen LogP) is 3.34. The van der Waals surface area contributed by atoms with Gasteiger partial charge in [0, 0.05) is 31.5 Å². The SMILES string of the molecule is CC(C)(C)OC(=O)NCCN1CCc2cc(OCCBr)ccc2C1. The maximum absolute atomic E-state index is 11.7. The molecule has 1 aliphatic heterocycles. The molecule has 2 rings (SSSR count). The topological polar surface area (TPSA) is 50.8 Å². The third kappa shape index (κ3) is 6.32. The lowest BCUT2D eigenvalue weighted by molar-refractivity contribution is 0.0521. The molecular formula is C18H27BrN2O3. The van der Waals surface area contributed by atoms with Gasteiger partial charge in [-0.05, 0) is 50.5 Å². The van der Waals surface area contributed by atoms with Crippen LogP contribution in [-0.2, 0) is 17.7 Å². The van der Waals surface area contributed by atoms with E-state index in [1.807, 2.05) is 26.8 Å². The maximum atomic E-state index is 11.7. The van der Waals surface area contributed by atoms with Gasteiger partial charge < -0.3 is 14.8 Å². The minimum Gasteiger partial charge on any atom is -0.493 e. The summed E-state index contributed by atoms with van der Waals surface area (Å²) >= 11 is 3.37. The highest BCUT2D eigenvalue weighted by molar-refractivity contribution is 9.09. The number of benzene rings is 1. The molecule has 134 valence electrons. The zero-order valence-electron chi connectivity index (χ0n) is 14.7. The van der Waals surface area contributed by atoms with Crippen molar-refractivity contribution in [3.8, 4) is 5.75 Å². The van der Waals surface area contributed by atoms with Crippen molar-refractivity contribution in [3.63, 3.8) is 0 Å². The van der Waals surface area contributed by atoms with E-state index in [1.54, 1.807) is 0 Å². The Morgan fingerprint density at radius 3 is 2.83 bits per heavy atom. The number of halogens is 1. The number of rotatable bonds is 6. The number of carbonyl (C=O) groups excluding carboxylic acids is 1. The number of carbonyl (C=O) groups is 1. The first kappa shape index (κ1) is 19.1. The van der Waals surface area contributed by atoms with Crippen LogP contribution < -0.4 is 10.1 Å². The van der Waals surface area contributed by atoms with Crippen LogP contribution in [0.3, 0.4) is 0 Å². The number of alkyl halides is 1. The fourth-order valence-corrected chi connectivity index (χ4v) is 2.82. The molecule has 1 N–H and O–H groups in total. The second-order valence-corrected chi connectivity index (χ2v) is 7.72. The third-order valence-corrected chi connectivity index (χ3v) is 4.03. The highest BCUT2D eigenvalue weighted by Crippen LogP contribution is 2.23. The Morgan fingerprint density at radius 1 is 1.33 bits per heavy atom. The van der Waals surface area contributed by atoms with Gasteiger partial charge in [-0.2, -0.15) is 0 Å². The minimum atomic E-state index is -0.456. The predicted molar refractivity (Wildman–Crippen MR) is 98.9 cm³/mol. The molecule has 1 aromatic rings. The summed E-state index contributed by atoms with van der Waals surface area (Å²) in [6.45, 7) is 9.59. The molecule has 1 heterocycles. The molecule has 0 saturated carbocycles. The molecule has 1 aromatic carbocycles. The first-order chi connectivity index (χ1) is 11.4. The van der Waals surface area contributed by atoms with Gasteiger partial charge in [-0.15, -0.1) is 0 Å². The Balaban J connectivity index is 1.77. The molecule has 0 radical (unpaired) electrons. The molecule has 0 spiro atoms. The Bertz CT molecular complexity index is 558. The van der Waals surface area contributed by atoms with Gasteiger partial charge in [0.1, 0.15) is 11.4 Å². The Morgan fingerprint density at radius 2 is 2.12 bits per heavy atom. The second-order valence-electron chi connectivity index (χ2n) is 6.92. The monoisotopic (exact) mass is 398 g/mol. The summed E-state index contributed by atoms with van der Waals surface area (Å²) in [5, 5.41) is 3.65. The number of nitrogens with one attached hydrogen (secondary N) is 1. The van der Waals surface area contributed by atoms with Crippen molar-refractivity contribution in [2.24, 2.45) is 0 Å². The molecule has 0 unspecified atom stereocenters. The van der Waals surface area contributed by atoms with Gasteiger partial charge in [0.05, 0.1) is 6.61 Å². The highest BCUT2D eigenvalue weighted by atomic mass is 79.9. The molecule has 0 saturated heterocycles. The number of hydrogen-bond acceptors (Lipinski definition) is 4. The molecule has 0 aromatic heterocycles. The lowest BCUT2D eigenvalue weighted by Crippen LogP contribution is -2.39. The average molecular weight is 399 g/mol. The summed E-state index contributed by atoms with van der Waals surface area (Å²) in [7, 11) is 0. The van der Waals surface area contributed by atoms with Crippen LogP contribution in [0, 0.1) is 0 Å². The highest BCUT2D eigenvalue weighted by Gasteiger charge is 2.18. The fourth-order valence-electron chi connectivity index (χ4n) is 2.66. The van der Waals surface area contributed by atoms with Crippen LogP contribution >= 0.6 is 15.9 Å². The van der Waals surface area contributed by atoms with E-state index >= 15 is 0 Å². The normalized spacial score (nSPS) is 14.8. The fraction of sp³-hybridized carbons (Fsp3) is 0.611. The van der Waals surface area contributed by atoms with Crippen molar-refractivity contribution in [1.29, 1.82) is 0 Å². The van der Waals surface area contributed by atoms with Crippen molar-refractivity contribution < 1.29 is 14.3 Å². The van der Waals surface area contributed by atoms with Gasteiger partial charge in [0.25, 0.3) is 0 Å². The molecule has 1 amide bonds. The largest absolute Gasteiger partial charge is 0.493 e. The van der Waals surface area contributed by atoms with Gasteiger partial charge in [-0.1, -0.05) is 22.0 Å². The molecule has 6 heteroatoms. The van der Waals surface area contributed by atoms with E-state index in [9.17, 15) is 4.79 Å². The summed E-state index contributed by atoms with van der Waals surface area (Å²) in [4.78, 5) is 14.0. The van der Waals surface area contributed by atoms with Gasteiger partial charge in [0.15, 0.2) is 0 Å². The summed E-state index contributed by atoms with van der Waals surface area (Å²) in [6, 6.07) is 6.32. The van der Waals surface area contributed by atoms with Crippen LogP contribution in [0.25, 0.3) is 0 Å². The third-order valence-electron chi connectivity index (χ3n) is 3.71. The van der Waals surface area contributed by atoms with E-state index in [-0.39, 0.29) is 6.09 Å². The Labute approximate surface area is 152 Å². The number of hydrogen-bond donors (Lipinski definition) is 1. The molecule has 0 bridgehead atoms. The minimum absolute atomic E-state index is 0.353. The molecule has 5 nitrogen and oxygen atoms in total. The molecule has 24 heavy (non-hydrogen) atoms. The van der Waals surface area contributed by atoms with E-state index in [2.05, 4.69) is 38.3 Å². The van der Waals surface area contributed by atoms with E-state index in [0.29, 0.717) is 13.2 Å². The first-order valence-electron chi connectivity index (χ1n) is 8.37. The smallest absolute Gasteiger partial charge is 0.407 e. The second kappa shape index (κ2) is 8.72. The van der Waals surface area contributed by atoms with E-state index in [4.69, 9.17) is 9.47 Å². The van der Waals surface area contributed by atoms with Crippen LogP contribution in [-0.4, -0.2) is 48.2 Å². The number of alkyl carbamates (subject to hydrolysis) is 1. The molecule has 0 aliphatic carbocycles. The zero-order chi connectivity index (χ0) is 17.6. The number of amides is 1. The quantitative estimate of drug-likeness (QED) is 0.746. The molecular weight excluding hydrogens is 372 g/mol.